The zero-order chi connectivity index (χ0) is 51.7. The normalized spacial score (nSPS) is 18.6. The minimum absolute atomic E-state index is 0. The van der Waals surface area contributed by atoms with Crippen molar-refractivity contribution in [1.82, 2.24) is 21.3 Å². The molecule has 1 aliphatic heterocycles. The summed E-state index contributed by atoms with van der Waals surface area (Å²) in [6.45, 7) is 19.1. The van der Waals surface area contributed by atoms with Crippen molar-refractivity contribution in [2.24, 2.45) is 10.8 Å². The van der Waals surface area contributed by atoms with Crippen LogP contribution in [0.2, 0.25) is 0 Å². The zero-order valence-corrected chi connectivity index (χ0v) is 47.8. The molecule has 0 fully saturated rings. The molecule has 0 bridgehead atoms. The SMILES string of the molecule is CC1=C(/C=C/C(C)=C/C=C/C(C)=C/C=C/C=C(C)/C=C/C=C(C)/C=C/C2=C(C)C(=O)C(OC(=O)CNC(=O)NCCCC(=O)O)CC2(C)C)C(C)(C)CC(OC(=O)CNC(=O)NCCCC(=O)O)O1.[H-].[H-].[Na+].[Na+]. The Balaban J connectivity index is -0.0000122. The van der Waals surface area contributed by atoms with Gasteiger partial charge in [0.25, 0.3) is 0 Å². The molecule has 2 aliphatic rings. The van der Waals surface area contributed by atoms with Crippen LogP contribution in [0.15, 0.2) is 130 Å². The third kappa shape index (κ3) is 26.9. The van der Waals surface area contributed by atoms with Crippen LogP contribution in [0, 0.1) is 10.8 Å². The van der Waals surface area contributed by atoms with Gasteiger partial charge in [0.15, 0.2) is 11.9 Å². The minimum atomic E-state index is -0.974. The summed E-state index contributed by atoms with van der Waals surface area (Å²) in [4.78, 5) is 83.0. The second kappa shape index (κ2) is 33.6. The Kier molecular flexibility index (Phi) is 31.3. The summed E-state index contributed by atoms with van der Waals surface area (Å²) in [5, 5.41) is 27.1. The second-order valence-corrected chi connectivity index (χ2v) is 18.2. The van der Waals surface area contributed by atoms with Gasteiger partial charge in [-0.2, -0.15) is 0 Å². The minimum Gasteiger partial charge on any atom is -1.00 e. The van der Waals surface area contributed by atoms with E-state index < -0.39 is 60.3 Å². The van der Waals surface area contributed by atoms with E-state index in [-0.39, 0.29) is 125 Å². The first-order valence-corrected chi connectivity index (χ1v) is 23.0. The van der Waals surface area contributed by atoms with Gasteiger partial charge in [-0.3, -0.25) is 24.0 Å². The van der Waals surface area contributed by atoms with Gasteiger partial charge in [0, 0.05) is 44.2 Å². The Bertz CT molecular complexity index is 2270. The molecule has 18 heteroatoms. The van der Waals surface area contributed by atoms with Gasteiger partial charge in [-0.15, -0.1) is 0 Å². The molecule has 2 atom stereocenters. The number of aliphatic carboxylic acids is 2. The first kappa shape index (κ1) is 66.0. The van der Waals surface area contributed by atoms with Crippen molar-refractivity contribution in [2.75, 3.05) is 26.2 Å². The summed E-state index contributed by atoms with van der Waals surface area (Å²) in [5.41, 5.74) is 5.61. The maximum Gasteiger partial charge on any atom is 1.00 e. The van der Waals surface area contributed by atoms with E-state index in [9.17, 15) is 33.6 Å². The summed E-state index contributed by atoms with van der Waals surface area (Å²) >= 11 is 0. The number of carbonyl (C=O) groups is 7. The van der Waals surface area contributed by atoms with Gasteiger partial charge >= 0.3 is 95.1 Å². The molecule has 1 aliphatic carbocycles. The van der Waals surface area contributed by atoms with Crippen molar-refractivity contribution in [2.45, 2.75) is 120 Å². The van der Waals surface area contributed by atoms with Crippen LogP contribution in [-0.4, -0.2) is 90.5 Å². The maximum atomic E-state index is 13.2. The molecule has 2 unspecified atom stereocenters. The van der Waals surface area contributed by atoms with Crippen LogP contribution in [0.5, 0.6) is 0 Å². The molecule has 16 nitrogen and oxygen atoms in total. The van der Waals surface area contributed by atoms with Gasteiger partial charge in [0.1, 0.15) is 18.8 Å². The molecule has 0 aromatic rings. The summed E-state index contributed by atoms with van der Waals surface area (Å²) in [7, 11) is 0. The number of carbonyl (C=O) groups excluding carboxylic acids is 5. The number of ether oxygens (including phenoxy) is 3. The van der Waals surface area contributed by atoms with Crippen LogP contribution < -0.4 is 80.4 Å². The van der Waals surface area contributed by atoms with Gasteiger partial charge in [0.05, 0.1) is 0 Å². The van der Waals surface area contributed by atoms with Crippen LogP contribution in [0.4, 0.5) is 9.59 Å². The average molecular weight is 1010 g/mol. The predicted molar refractivity (Wildman–Crippen MR) is 268 cm³/mol. The molecule has 0 aromatic heterocycles. The number of Topliss-reactive ketones (excluding diaryl/α,β-unsaturated/α-hetero) is 1. The summed E-state index contributed by atoms with van der Waals surface area (Å²) in [6, 6.07) is -1.22. The Morgan fingerprint density at radius 1 is 0.620 bits per heavy atom. The number of nitrogens with one attached hydrogen (secondary N) is 4. The van der Waals surface area contributed by atoms with Gasteiger partial charge in [-0.1, -0.05) is 135 Å². The molecule has 0 aromatic carbocycles. The number of rotatable bonds is 24. The van der Waals surface area contributed by atoms with Crippen molar-refractivity contribution in [1.29, 1.82) is 0 Å². The molecule has 71 heavy (non-hydrogen) atoms. The fourth-order valence-corrected chi connectivity index (χ4v) is 7.18. The number of carboxylic acid groups (broad SMARTS) is 2. The molecule has 0 saturated heterocycles. The van der Waals surface area contributed by atoms with E-state index in [1.54, 1.807) is 6.92 Å². The van der Waals surface area contributed by atoms with E-state index in [0.717, 1.165) is 33.4 Å². The second-order valence-electron chi connectivity index (χ2n) is 18.2. The molecule has 0 spiro atoms. The fourth-order valence-electron chi connectivity index (χ4n) is 7.18. The largest absolute Gasteiger partial charge is 1.00 e. The van der Waals surface area contributed by atoms with E-state index in [1.807, 2.05) is 147 Å². The number of esters is 2. The van der Waals surface area contributed by atoms with Crippen molar-refractivity contribution in [3.8, 4) is 0 Å². The molecule has 4 amide bonds. The summed E-state index contributed by atoms with van der Waals surface area (Å²) in [5.74, 6) is -2.96. The summed E-state index contributed by atoms with van der Waals surface area (Å²) < 4.78 is 16.9. The van der Waals surface area contributed by atoms with Gasteiger partial charge < -0.3 is 48.5 Å². The molecule has 2 rings (SSSR count). The topological polar surface area (TPSA) is 236 Å². The quantitative estimate of drug-likeness (QED) is 0.0355. The van der Waals surface area contributed by atoms with E-state index >= 15 is 0 Å². The monoisotopic (exact) mass is 1000 g/mol. The van der Waals surface area contributed by atoms with Crippen LogP contribution in [0.1, 0.15) is 111 Å². The predicted octanol–water partition coefficient (Wildman–Crippen LogP) is 2.93. The zero-order valence-electron chi connectivity index (χ0n) is 45.8. The van der Waals surface area contributed by atoms with Crippen molar-refractivity contribution >= 4 is 41.7 Å². The van der Waals surface area contributed by atoms with E-state index in [2.05, 4.69) is 21.3 Å². The first-order valence-electron chi connectivity index (χ1n) is 23.0. The maximum absolute atomic E-state index is 13.2. The number of hydrogen-bond donors (Lipinski definition) is 6. The van der Waals surface area contributed by atoms with Crippen molar-refractivity contribution in [3.63, 3.8) is 0 Å². The Hall–Kier alpha value is -4.97. The Morgan fingerprint density at radius 3 is 1.48 bits per heavy atom. The number of amides is 4. The fraction of sp³-hybridized carbons (Fsp3) is 0.453. The number of allylic oxidation sites excluding steroid dienone is 21. The third-order valence-electron chi connectivity index (χ3n) is 10.9. The number of urea groups is 2. The van der Waals surface area contributed by atoms with Gasteiger partial charge in [-0.25, -0.2) is 9.59 Å². The molecule has 380 valence electrons. The molecular weight excluding hydrogens is 931 g/mol. The molecule has 0 saturated carbocycles. The average Bonchev–Trinajstić information content (AvgIpc) is 3.24. The van der Waals surface area contributed by atoms with Crippen LogP contribution in [-0.2, 0) is 38.2 Å². The van der Waals surface area contributed by atoms with Gasteiger partial charge in [-0.05, 0) is 76.5 Å². The van der Waals surface area contributed by atoms with Crippen LogP contribution >= 0.6 is 0 Å². The van der Waals surface area contributed by atoms with Crippen LogP contribution in [0.25, 0.3) is 0 Å². The van der Waals surface area contributed by atoms with E-state index in [1.165, 1.54) is 0 Å². The third-order valence-corrected chi connectivity index (χ3v) is 10.9. The Labute approximate surface area is 466 Å². The molecule has 1 heterocycles. The molecule has 0 radical (unpaired) electrons. The van der Waals surface area contributed by atoms with Crippen molar-refractivity contribution < 1.29 is 120 Å². The number of hydrogen-bond acceptors (Lipinski definition) is 10. The number of ketones is 1. The summed E-state index contributed by atoms with van der Waals surface area (Å²) in [6.07, 6.45) is 27.1. The first-order chi connectivity index (χ1) is 32.4. The van der Waals surface area contributed by atoms with E-state index in [4.69, 9.17) is 24.4 Å². The van der Waals surface area contributed by atoms with Crippen molar-refractivity contribution in [3.05, 3.63) is 130 Å². The van der Waals surface area contributed by atoms with Gasteiger partial charge in [0.2, 0.25) is 6.29 Å². The smallest absolute Gasteiger partial charge is 1.00 e. The number of carboxylic acids is 2. The molecule has 6 N–H and O–H groups in total. The molecular formula is C53H74N4Na2O12. The van der Waals surface area contributed by atoms with Crippen LogP contribution in [0.3, 0.4) is 0 Å². The van der Waals surface area contributed by atoms with E-state index in [0.29, 0.717) is 17.8 Å². The Morgan fingerprint density at radius 2 is 1.03 bits per heavy atom. The standard InChI is InChI=1S/C53H72N4O12.2Na.2H/c1-35(19-13-21-37(3)25-27-41-39(5)49(64)43(31-52(41,7)8)68-46(62)33-56-50(65)54-29-15-23-44(58)59)17-11-12-18-36(2)20-14-22-38(4)26-28-42-40(6)67-48(32-53(42,9)10)69-47(63)34-57-51(66)55-30-16-24-45(60)61;;;;/h11-14,17-22,25-28,43,48H,15-16,23-24,29-34H2,1-10H3,(H,58,59)(H,60,61)(H2,54,56,65)(H2,55,57,66);;;;/q;2*+1;2*-1/b12-11+,19-13+,20-14+,27-25+,28-26+,35-17+,36-18+,37-21+,38-22+;;;;.